The number of hydrogen-bond acceptors (Lipinski definition) is 3. The molecule has 0 amide bonds. The highest BCUT2D eigenvalue weighted by Gasteiger charge is 2.08. The van der Waals surface area contributed by atoms with Crippen LogP contribution in [0.2, 0.25) is 0 Å². The molecule has 20 heavy (non-hydrogen) atoms. The molecule has 0 aliphatic heterocycles. The zero-order valence-corrected chi connectivity index (χ0v) is 12.3. The van der Waals surface area contributed by atoms with Crippen molar-refractivity contribution in [2.75, 3.05) is 13.7 Å². The first-order valence-corrected chi connectivity index (χ1v) is 6.82. The summed E-state index contributed by atoms with van der Waals surface area (Å²) in [5.74, 6) is 0.861. The molecular weight excluding hydrogens is 256 g/mol. The number of rotatable bonds is 8. The van der Waals surface area contributed by atoms with Crippen molar-refractivity contribution in [1.82, 2.24) is 0 Å². The molecular formula is C16H22O4. The van der Waals surface area contributed by atoms with E-state index >= 15 is 0 Å². The Labute approximate surface area is 120 Å². The molecule has 1 rings (SSSR count). The summed E-state index contributed by atoms with van der Waals surface area (Å²) >= 11 is 0. The Kier molecular flexibility index (Phi) is 6.64. The van der Waals surface area contributed by atoms with Crippen molar-refractivity contribution in [3.63, 3.8) is 0 Å². The lowest BCUT2D eigenvalue weighted by Crippen LogP contribution is -2.10. The average Bonchev–Trinajstić information content (AvgIpc) is 2.46. The molecule has 1 aromatic rings. The lowest BCUT2D eigenvalue weighted by atomic mass is 10.1. The van der Waals surface area contributed by atoms with Crippen molar-refractivity contribution in [1.29, 1.82) is 0 Å². The topological polar surface area (TPSA) is 55.8 Å². The van der Waals surface area contributed by atoms with Crippen molar-refractivity contribution in [2.45, 2.75) is 26.7 Å². The van der Waals surface area contributed by atoms with Crippen molar-refractivity contribution >= 4 is 12.0 Å². The molecule has 0 saturated carbocycles. The summed E-state index contributed by atoms with van der Waals surface area (Å²) in [6.07, 6.45) is 4.78. The SMILES string of the molecule is CCC(CC)COc1ccc(/C=C/C(=O)O)cc1OC. The smallest absolute Gasteiger partial charge is 0.328 e. The van der Waals surface area contributed by atoms with Crippen LogP contribution in [0.15, 0.2) is 24.3 Å². The molecule has 0 saturated heterocycles. The summed E-state index contributed by atoms with van der Waals surface area (Å²) in [4.78, 5) is 10.5. The minimum absolute atomic E-state index is 0.534. The van der Waals surface area contributed by atoms with Gasteiger partial charge in [-0.1, -0.05) is 32.8 Å². The van der Waals surface area contributed by atoms with Gasteiger partial charge in [0.1, 0.15) is 0 Å². The summed E-state index contributed by atoms with van der Waals surface area (Å²) in [5.41, 5.74) is 0.763. The van der Waals surface area contributed by atoms with Crippen molar-refractivity contribution < 1.29 is 19.4 Å². The van der Waals surface area contributed by atoms with Crippen LogP contribution in [0.25, 0.3) is 6.08 Å². The maximum atomic E-state index is 10.5. The molecule has 0 fully saturated rings. The molecule has 0 atom stereocenters. The number of ether oxygens (including phenoxy) is 2. The lowest BCUT2D eigenvalue weighted by Gasteiger charge is -2.16. The van der Waals surface area contributed by atoms with Gasteiger partial charge >= 0.3 is 5.97 Å². The third-order valence-electron chi connectivity index (χ3n) is 3.24. The average molecular weight is 278 g/mol. The first-order valence-electron chi connectivity index (χ1n) is 6.82. The van der Waals surface area contributed by atoms with Crippen LogP contribution < -0.4 is 9.47 Å². The summed E-state index contributed by atoms with van der Waals surface area (Å²) in [5, 5.41) is 8.61. The van der Waals surface area contributed by atoms with Crippen LogP contribution in [-0.2, 0) is 4.79 Å². The third-order valence-corrected chi connectivity index (χ3v) is 3.24. The van der Waals surface area contributed by atoms with Crippen molar-refractivity contribution in [3.05, 3.63) is 29.8 Å². The number of benzene rings is 1. The van der Waals surface area contributed by atoms with E-state index in [1.807, 2.05) is 12.1 Å². The second-order valence-electron chi connectivity index (χ2n) is 4.58. The normalized spacial score (nSPS) is 11.0. The Morgan fingerprint density at radius 2 is 2.00 bits per heavy atom. The Morgan fingerprint density at radius 1 is 1.30 bits per heavy atom. The van der Waals surface area contributed by atoms with E-state index in [1.165, 1.54) is 6.08 Å². The minimum Gasteiger partial charge on any atom is -0.493 e. The Morgan fingerprint density at radius 3 is 2.55 bits per heavy atom. The second kappa shape index (κ2) is 8.25. The van der Waals surface area contributed by atoms with E-state index in [0.717, 1.165) is 24.5 Å². The standard InChI is InChI=1S/C16H22O4/c1-4-12(5-2)11-20-14-8-6-13(7-9-16(17)18)10-15(14)19-3/h6-10,12H,4-5,11H2,1-3H3,(H,17,18)/b9-7+. The fourth-order valence-corrected chi connectivity index (χ4v) is 1.81. The van der Waals surface area contributed by atoms with Crippen LogP contribution in [0.5, 0.6) is 11.5 Å². The minimum atomic E-state index is -0.974. The molecule has 0 aromatic heterocycles. The van der Waals surface area contributed by atoms with Crippen LogP contribution in [0, 0.1) is 5.92 Å². The monoisotopic (exact) mass is 278 g/mol. The van der Waals surface area contributed by atoms with Gasteiger partial charge in [0, 0.05) is 6.08 Å². The van der Waals surface area contributed by atoms with E-state index in [4.69, 9.17) is 14.6 Å². The van der Waals surface area contributed by atoms with E-state index in [-0.39, 0.29) is 0 Å². The van der Waals surface area contributed by atoms with Crippen molar-refractivity contribution in [2.24, 2.45) is 5.92 Å². The highest BCUT2D eigenvalue weighted by molar-refractivity contribution is 5.85. The molecule has 0 aliphatic carbocycles. The van der Waals surface area contributed by atoms with Crippen LogP contribution >= 0.6 is 0 Å². The van der Waals surface area contributed by atoms with Crippen molar-refractivity contribution in [3.8, 4) is 11.5 Å². The van der Waals surface area contributed by atoms with E-state index < -0.39 is 5.97 Å². The fourth-order valence-electron chi connectivity index (χ4n) is 1.81. The first kappa shape index (κ1) is 16.1. The maximum absolute atomic E-state index is 10.5. The van der Waals surface area contributed by atoms with Gasteiger partial charge in [0.05, 0.1) is 13.7 Å². The van der Waals surface area contributed by atoms with Crippen LogP contribution in [-0.4, -0.2) is 24.8 Å². The number of carboxylic acids is 1. The number of aliphatic carboxylic acids is 1. The van der Waals surface area contributed by atoms with Gasteiger partial charge < -0.3 is 14.6 Å². The van der Waals surface area contributed by atoms with Gasteiger partial charge in [-0.15, -0.1) is 0 Å². The highest BCUT2D eigenvalue weighted by atomic mass is 16.5. The quantitative estimate of drug-likeness (QED) is 0.738. The molecule has 0 bridgehead atoms. The number of methoxy groups -OCH3 is 1. The Balaban J connectivity index is 2.80. The summed E-state index contributed by atoms with van der Waals surface area (Å²) in [7, 11) is 1.57. The van der Waals surface area contributed by atoms with E-state index in [0.29, 0.717) is 24.0 Å². The molecule has 4 heteroatoms. The molecule has 4 nitrogen and oxygen atoms in total. The van der Waals surface area contributed by atoms with Gasteiger partial charge in [0.15, 0.2) is 11.5 Å². The Bertz CT molecular complexity index is 462. The number of hydrogen-bond donors (Lipinski definition) is 1. The lowest BCUT2D eigenvalue weighted by molar-refractivity contribution is -0.131. The van der Waals surface area contributed by atoms with E-state index in [9.17, 15) is 4.79 Å². The van der Waals surface area contributed by atoms with Gasteiger partial charge in [-0.2, -0.15) is 0 Å². The van der Waals surface area contributed by atoms with E-state index in [1.54, 1.807) is 13.2 Å². The molecule has 110 valence electrons. The molecule has 0 heterocycles. The predicted octanol–water partition coefficient (Wildman–Crippen LogP) is 3.61. The molecule has 1 aromatic carbocycles. The zero-order valence-electron chi connectivity index (χ0n) is 12.3. The molecule has 0 unspecified atom stereocenters. The largest absolute Gasteiger partial charge is 0.493 e. The summed E-state index contributed by atoms with van der Waals surface area (Å²) < 4.78 is 11.1. The molecule has 0 spiro atoms. The number of carbonyl (C=O) groups is 1. The molecule has 0 aliphatic rings. The van der Waals surface area contributed by atoms with Gasteiger partial charge in [0.25, 0.3) is 0 Å². The van der Waals surface area contributed by atoms with Gasteiger partial charge in [-0.05, 0) is 29.7 Å². The summed E-state index contributed by atoms with van der Waals surface area (Å²) in [6.45, 7) is 4.96. The van der Waals surface area contributed by atoms with Gasteiger partial charge in [0.2, 0.25) is 0 Å². The predicted molar refractivity (Wildman–Crippen MR) is 79.2 cm³/mol. The van der Waals surface area contributed by atoms with Crippen LogP contribution in [0.3, 0.4) is 0 Å². The maximum Gasteiger partial charge on any atom is 0.328 e. The number of carboxylic acid groups (broad SMARTS) is 1. The van der Waals surface area contributed by atoms with Gasteiger partial charge in [-0.3, -0.25) is 0 Å². The Hall–Kier alpha value is -1.97. The first-order chi connectivity index (χ1) is 9.60. The third kappa shape index (κ3) is 4.96. The molecule has 0 radical (unpaired) electrons. The second-order valence-corrected chi connectivity index (χ2v) is 4.58. The van der Waals surface area contributed by atoms with Crippen LogP contribution in [0.1, 0.15) is 32.3 Å². The highest BCUT2D eigenvalue weighted by Crippen LogP contribution is 2.29. The molecule has 1 N–H and O–H groups in total. The summed E-state index contributed by atoms with van der Waals surface area (Å²) in [6, 6.07) is 5.38. The van der Waals surface area contributed by atoms with Crippen LogP contribution in [0.4, 0.5) is 0 Å². The fraction of sp³-hybridized carbons (Fsp3) is 0.438. The zero-order chi connectivity index (χ0) is 15.0. The van der Waals surface area contributed by atoms with E-state index in [2.05, 4.69) is 13.8 Å². The van der Waals surface area contributed by atoms with Gasteiger partial charge in [-0.25, -0.2) is 4.79 Å².